The van der Waals surface area contributed by atoms with Gasteiger partial charge in [-0.25, -0.2) is 0 Å². The Morgan fingerprint density at radius 1 is 1.27 bits per heavy atom. The lowest BCUT2D eigenvalue weighted by Gasteiger charge is -2.43. The summed E-state index contributed by atoms with van der Waals surface area (Å²) >= 11 is 0. The highest BCUT2D eigenvalue weighted by Gasteiger charge is 2.59. The number of unbranched alkanes of at least 4 members (excludes halogenated alkanes) is 2. The summed E-state index contributed by atoms with van der Waals surface area (Å²) in [5, 5.41) is 4.52. The zero-order valence-corrected chi connectivity index (χ0v) is 19.6. The maximum absolute atomic E-state index is 13.7. The number of hydrogen-bond acceptors (Lipinski definition) is 2. The van der Waals surface area contributed by atoms with Crippen molar-refractivity contribution in [2.75, 3.05) is 7.11 Å². The van der Waals surface area contributed by atoms with Crippen molar-refractivity contribution in [3.63, 3.8) is 0 Å². The normalized spacial score (nSPS) is 27.0. The van der Waals surface area contributed by atoms with Crippen LogP contribution >= 0.6 is 0 Å². The molecule has 0 aliphatic heterocycles. The average molecular weight is 411 g/mol. The number of fused-ring (bicyclic) bond motifs is 3. The van der Waals surface area contributed by atoms with Gasteiger partial charge in [0.25, 0.3) is 5.91 Å². The number of nitrogens with one attached hydrogen (secondary N) is 1. The van der Waals surface area contributed by atoms with Crippen LogP contribution in [0.4, 0.5) is 0 Å². The van der Waals surface area contributed by atoms with Crippen LogP contribution < -0.4 is 10.1 Å². The third kappa shape index (κ3) is 3.14. The number of methoxy groups -OCH3 is 1. The van der Waals surface area contributed by atoms with E-state index in [0.717, 1.165) is 40.9 Å². The van der Waals surface area contributed by atoms with Crippen LogP contribution in [0.2, 0.25) is 0 Å². The standard InChI is InChI=1S/C26H38N2O2/c1-7-8-9-15-28-17(2)21(19-11-10-12-20(30-6)22(19)28)23(29)27-24-25(3,4)18-13-14-26(24,5)16-18/h10-12,18,24H,7-9,13-16H2,1-6H3,(H,27,29). The number of ether oxygens (including phenoxy) is 1. The van der Waals surface area contributed by atoms with Gasteiger partial charge in [-0.3, -0.25) is 4.79 Å². The Labute approximate surface area is 181 Å². The van der Waals surface area contributed by atoms with Gasteiger partial charge in [-0.15, -0.1) is 0 Å². The highest BCUT2D eigenvalue weighted by atomic mass is 16.5. The molecule has 2 fully saturated rings. The molecule has 2 aromatic rings. The molecule has 2 bridgehead atoms. The van der Waals surface area contributed by atoms with Crippen LogP contribution in [0.25, 0.3) is 10.9 Å². The molecule has 3 atom stereocenters. The molecule has 0 spiro atoms. The summed E-state index contributed by atoms with van der Waals surface area (Å²) in [4.78, 5) is 13.7. The molecular weight excluding hydrogens is 372 g/mol. The minimum atomic E-state index is 0.0758. The maximum Gasteiger partial charge on any atom is 0.253 e. The van der Waals surface area contributed by atoms with Crippen LogP contribution in [0.1, 0.15) is 82.3 Å². The highest BCUT2D eigenvalue weighted by molar-refractivity contribution is 6.09. The molecule has 2 aliphatic rings. The van der Waals surface area contributed by atoms with Gasteiger partial charge < -0.3 is 14.6 Å². The lowest BCUT2D eigenvalue weighted by atomic mass is 9.68. The minimum Gasteiger partial charge on any atom is -0.495 e. The van der Waals surface area contributed by atoms with Crippen molar-refractivity contribution in [1.29, 1.82) is 0 Å². The Morgan fingerprint density at radius 3 is 2.67 bits per heavy atom. The maximum atomic E-state index is 13.7. The number of hydrogen-bond donors (Lipinski definition) is 1. The van der Waals surface area contributed by atoms with Gasteiger partial charge in [0, 0.05) is 23.7 Å². The average Bonchev–Trinajstić information content (AvgIpc) is 3.30. The van der Waals surface area contributed by atoms with Crippen molar-refractivity contribution >= 4 is 16.8 Å². The third-order valence-electron chi connectivity index (χ3n) is 8.28. The van der Waals surface area contributed by atoms with Crippen molar-refractivity contribution in [2.45, 2.75) is 85.7 Å². The molecule has 164 valence electrons. The third-order valence-corrected chi connectivity index (χ3v) is 8.28. The summed E-state index contributed by atoms with van der Waals surface area (Å²) in [5.74, 6) is 1.63. The number of carbonyl (C=O) groups is 1. The number of para-hydroxylation sites is 1. The molecule has 3 unspecified atom stereocenters. The molecule has 2 aliphatic carbocycles. The van der Waals surface area contributed by atoms with Crippen molar-refractivity contribution in [3.8, 4) is 5.75 Å². The van der Waals surface area contributed by atoms with Gasteiger partial charge in [-0.2, -0.15) is 0 Å². The van der Waals surface area contributed by atoms with E-state index < -0.39 is 0 Å². The Balaban J connectivity index is 1.73. The SMILES string of the molecule is CCCCCn1c(C)c(C(=O)NC2C3(C)CCC(C3)C2(C)C)c2cccc(OC)c21. The monoisotopic (exact) mass is 410 g/mol. The van der Waals surface area contributed by atoms with Gasteiger partial charge in [0.2, 0.25) is 0 Å². The second-order valence-electron chi connectivity index (χ2n) is 10.5. The van der Waals surface area contributed by atoms with E-state index in [0.29, 0.717) is 5.92 Å². The summed E-state index contributed by atoms with van der Waals surface area (Å²) in [6, 6.07) is 6.29. The van der Waals surface area contributed by atoms with Crippen molar-refractivity contribution in [2.24, 2.45) is 16.7 Å². The van der Waals surface area contributed by atoms with E-state index in [1.165, 1.54) is 32.1 Å². The second kappa shape index (κ2) is 7.62. The number of rotatable bonds is 7. The smallest absolute Gasteiger partial charge is 0.253 e. The summed E-state index contributed by atoms with van der Waals surface area (Å²) in [6.45, 7) is 12.3. The Hall–Kier alpha value is -1.97. The molecule has 1 aromatic carbocycles. The molecule has 4 nitrogen and oxygen atoms in total. The minimum absolute atomic E-state index is 0.0758. The summed E-state index contributed by atoms with van der Waals surface area (Å²) in [7, 11) is 1.71. The summed E-state index contributed by atoms with van der Waals surface area (Å²) in [6.07, 6.45) is 7.22. The van der Waals surface area contributed by atoms with Gasteiger partial charge in [0.15, 0.2) is 0 Å². The van der Waals surface area contributed by atoms with E-state index >= 15 is 0 Å². The Kier molecular flexibility index (Phi) is 5.40. The molecule has 0 saturated heterocycles. The molecule has 1 heterocycles. The fraction of sp³-hybridized carbons (Fsp3) is 0.654. The van der Waals surface area contributed by atoms with Crippen LogP contribution in [-0.2, 0) is 6.54 Å². The first-order valence-corrected chi connectivity index (χ1v) is 11.7. The van der Waals surface area contributed by atoms with Gasteiger partial charge in [0.05, 0.1) is 18.2 Å². The largest absolute Gasteiger partial charge is 0.495 e. The summed E-state index contributed by atoms with van der Waals surface area (Å²) < 4.78 is 7.99. The number of nitrogens with zero attached hydrogens (tertiary/aromatic N) is 1. The zero-order chi connectivity index (χ0) is 21.7. The van der Waals surface area contributed by atoms with Crippen LogP contribution in [0.5, 0.6) is 5.75 Å². The molecule has 2 saturated carbocycles. The summed E-state index contributed by atoms with van der Waals surface area (Å²) in [5.41, 5.74) is 3.29. The molecule has 1 N–H and O–H groups in total. The van der Waals surface area contributed by atoms with Crippen LogP contribution in [0.3, 0.4) is 0 Å². The lowest BCUT2D eigenvalue weighted by molar-refractivity contribution is 0.0738. The highest BCUT2D eigenvalue weighted by Crippen LogP contribution is 2.62. The number of carbonyl (C=O) groups excluding carboxylic acids is 1. The molecule has 4 rings (SSSR count). The van der Waals surface area contributed by atoms with E-state index in [1.54, 1.807) is 7.11 Å². The quantitative estimate of drug-likeness (QED) is 0.561. The van der Waals surface area contributed by atoms with E-state index in [-0.39, 0.29) is 22.8 Å². The van der Waals surface area contributed by atoms with E-state index in [1.807, 2.05) is 12.1 Å². The topological polar surface area (TPSA) is 43.3 Å². The van der Waals surface area contributed by atoms with Crippen molar-refractivity contribution < 1.29 is 9.53 Å². The van der Waals surface area contributed by atoms with Crippen LogP contribution in [0.15, 0.2) is 18.2 Å². The van der Waals surface area contributed by atoms with Gasteiger partial charge >= 0.3 is 0 Å². The number of amides is 1. The molecule has 1 amide bonds. The first-order chi connectivity index (χ1) is 14.2. The van der Waals surface area contributed by atoms with Crippen LogP contribution in [-0.4, -0.2) is 23.6 Å². The Morgan fingerprint density at radius 2 is 2.03 bits per heavy atom. The van der Waals surface area contributed by atoms with Crippen LogP contribution in [0, 0.1) is 23.7 Å². The van der Waals surface area contributed by atoms with Gasteiger partial charge in [0.1, 0.15) is 5.75 Å². The first-order valence-electron chi connectivity index (χ1n) is 11.7. The predicted molar refractivity (Wildman–Crippen MR) is 123 cm³/mol. The molecule has 30 heavy (non-hydrogen) atoms. The molecular formula is C26H38N2O2. The van der Waals surface area contributed by atoms with E-state index in [9.17, 15) is 4.79 Å². The van der Waals surface area contributed by atoms with E-state index in [4.69, 9.17) is 4.74 Å². The molecule has 0 radical (unpaired) electrons. The second-order valence-corrected chi connectivity index (χ2v) is 10.5. The van der Waals surface area contributed by atoms with Crippen molar-refractivity contribution in [1.82, 2.24) is 9.88 Å². The van der Waals surface area contributed by atoms with Crippen molar-refractivity contribution in [3.05, 3.63) is 29.5 Å². The number of benzene rings is 1. The van der Waals surface area contributed by atoms with Gasteiger partial charge in [-0.1, -0.05) is 52.7 Å². The van der Waals surface area contributed by atoms with Gasteiger partial charge in [-0.05, 0) is 55.4 Å². The lowest BCUT2D eigenvalue weighted by Crippen LogP contribution is -2.52. The molecule has 1 aromatic heterocycles. The first kappa shape index (κ1) is 21.3. The fourth-order valence-corrected chi connectivity index (χ4v) is 6.62. The molecule has 4 heteroatoms. The number of aromatic nitrogens is 1. The Bertz CT molecular complexity index is 953. The predicted octanol–water partition coefficient (Wildman–Crippen LogP) is 6.09. The van der Waals surface area contributed by atoms with E-state index in [2.05, 4.69) is 50.6 Å². The zero-order valence-electron chi connectivity index (χ0n) is 19.6. The fourth-order valence-electron chi connectivity index (χ4n) is 6.62. The number of aryl methyl sites for hydroxylation is 1.